The van der Waals surface area contributed by atoms with Gasteiger partial charge in [-0.05, 0) is 23.6 Å². The van der Waals surface area contributed by atoms with Crippen molar-refractivity contribution in [3.05, 3.63) is 47.4 Å². The molecule has 0 fully saturated rings. The lowest BCUT2D eigenvalue weighted by Gasteiger charge is -2.02. The highest BCUT2D eigenvalue weighted by molar-refractivity contribution is 5.97. The Balaban J connectivity index is 2.57. The number of pyridine rings is 1. The second kappa shape index (κ2) is 3.55. The number of amides is 1. The average molecular weight is 203 g/mol. The Kier molecular flexibility index (Phi) is 2.23. The van der Waals surface area contributed by atoms with E-state index >= 15 is 0 Å². The van der Waals surface area contributed by atoms with Crippen LogP contribution < -0.4 is 16.0 Å². The first-order chi connectivity index (χ1) is 7.20. The number of aromatic nitrogens is 1. The van der Waals surface area contributed by atoms with Crippen molar-refractivity contribution >= 4 is 16.7 Å². The van der Waals surface area contributed by atoms with Crippen molar-refractivity contribution in [1.29, 1.82) is 0 Å². The number of carbonyl (C=O) groups excluding carboxylic acids is 1. The molecule has 2 aromatic rings. The Bertz CT molecular complexity index is 525. The topological polar surface area (TPSA) is 82.1 Å². The Morgan fingerprint density at radius 3 is 2.87 bits per heavy atom. The minimum Gasteiger partial charge on any atom is -0.619 e. The van der Waals surface area contributed by atoms with Crippen LogP contribution in [-0.2, 0) is 0 Å². The van der Waals surface area contributed by atoms with Gasteiger partial charge < -0.3 is 5.21 Å². The summed E-state index contributed by atoms with van der Waals surface area (Å²) in [6.45, 7) is 0. The number of nitrogen functional groups attached to an aromatic ring is 1. The van der Waals surface area contributed by atoms with Crippen LogP contribution in [0.15, 0.2) is 36.7 Å². The lowest BCUT2D eigenvalue weighted by atomic mass is 10.1. The van der Waals surface area contributed by atoms with Crippen LogP contribution in [-0.4, -0.2) is 5.91 Å². The molecule has 0 saturated carbocycles. The predicted molar refractivity (Wildman–Crippen MR) is 54.6 cm³/mol. The first kappa shape index (κ1) is 9.42. The van der Waals surface area contributed by atoms with E-state index in [4.69, 9.17) is 5.84 Å². The van der Waals surface area contributed by atoms with Crippen molar-refractivity contribution < 1.29 is 9.52 Å². The van der Waals surface area contributed by atoms with Gasteiger partial charge in [0.25, 0.3) is 5.91 Å². The molecule has 1 heterocycles. The van der Waals surface area contributed by atoms with Gasteiger partial charge in [0.15, 0.2) is 12.4 Å². The molecule has 0 aliphatic heterocycles. The number of nitrogens with two attached hydrogens (primary N) is 1. The van der Waals surface area contributed by atoms with E-state index in [0.717, 1.165) is 10.8 Å². The summed E-state index contributed by atoms with van der Waals surface area (Å²) in [4.78, 5) is 11.2. The van der Waals surface area contributed by atoms with E-state index in [-0.39, 0.29) is 5.91 Å². The summed E-state index contributed by atoms with van der Waals surface area (Å²) in [5.74, 6) is 4.67. The van der Waals surface area contributed by atoms with Crippen molar-refractivity contribution in [2.75, 3.05) is 0 Å². The van der Waals surface area contributed by atoms with Crippen LogP contribution in [0.3, 0.4) is 0 Å². The third kappa shape index (κ3) is 1.72. The van der Waals surface area contributed by atoms with Crippen LogP contribution in [0.2, 0.25) is 0 Å². The van der Waals surface area contributed by atoms with Gasteiger partial charge in [-0.2, -0.15) is 4.73 Å². The summed E-state index contributed by atoms with van der Waals surface area (Å²) in [5.41, 5.74) is 2.52. The third-order valence-corrected chi connectivity index (χ3v) is 2.15. The Morgan fingerprint density at radius 1 is 1.33 bits per heavy atom. The summed E-state index contributed by atoms with van der Waals surface area (Å²) in [7, 11) is 0. The van der Waals surface area contributed by atoms with Crippen LogP contribution in [0.1, 0.15) is 10.4 Å². The van der Waals surface area contributed by atoms with Crippen LogP contribution in [0, 0.1) is 5.21 Å². The molecule has 1 aromatic heterocycles. The summed E-state index contributed by atoms with van der Waals surface area (Å²) in [6.07, 6.45) is 2.83. The van der Waals surface area contributed by atoms with Gasteiger partial charge >= 0.3 is 0 Å². The number of hydrogen-bond donors (Lipinski definition) is 2. The predicted octanol–water partition coefficient (Wildman–Crippen LogP) is 0.0767. The highest BCUT2D eigenvalue weighted by Gasteiger charge is 2.05. The van der Waals surface area contributed by atoms with E-state index in [0.29, 0.717) is 10.3 Å². The zero-order valence-corrected chi connectivity index (χ0v) is 7.81. The van der Waals surface area contributed by atoms with Gasteiger partial charge in [0, 0.05) is 17.0 Å². The SMILES string of the molecule is NNC(=O)c1ccc2c[n+]([O-])ccc2c1. The van der Waals surface area contributed by atoms with E-state index in [1.165, 1.54) is 12.4 Å². The molecule has 0 bridgehead atoms. The Morgan fingerprint density at radius 2 is 2.13 bits per heavy atom. The third-order valence-electron chi connectivity index (χ3n) is 2.15. The fourth-order valence-electron chi connectivity index (χ4n) is 1.40. The number of benzene rings is 1. The normalized spacial score (nSPS) is 10.2. The molecule has 1 aromatic carbocycles. The summed E-state index contributed by atoms with van der Waals surface area (Å²) in [5, 5.41) is 12.6. The quantitative estimate of drug-likeness (QED) is 0.226. The van der Waals surface area contributed by atoms with Crippen molar-refractivity contribution in [2.45, 2.75) is 0 Å². The number of hydrogen-bond acceptors (Lipinski definition) is 3. The average Bonchev–Trinajstić information content (AvgIpc) is 2.27. The molecule has 0 aliphatic rings. The van der Waals surface area contributed by atoms with Gasteiger partial charge in [0.05, 0.1) is 0 Å². The molecule has 1 amide bonds. The van der Waals surface area contributed by atoms with E-state index in [1.807, 2.05) is 0 Å². The first-order valence-electron chi connectivity index (χ1n) is 4.34. The first-order valence-corrected chi connectivity index (χ1v) is 4.34. The second-order valence-corrected chi connectivity index (χ2v) is 3.12. The Labute approximate surface area is 85.7 Å². The number of nitrogens with one attached hydrogen (secondary N) is 1. The van der Waals surface area contributed by atoms with Gasteiger partial charge in [-0.25, -0.2) is 5.84 Å². The molecule has 3 N–H and O–H groups in total. The number of carbonyl (C=O) groups is 1. The number of fused-ring (bicyclic) bond motifs is 1. The molecule has 76 valence electrons. The molecule has 5 heteroatoms. The zero-order valence-electron chi connectivity index (χ0n) is 7.81. The number of hydrazine groups is 1. The van der Waals surface area contributed by atoms with Crippen molar-refractivity contribution in [2.24, 2.45) is 5.84 Å². The van der Waals surface area contributed by atoms with Gasteiger partial charge in [-0.15, -0.1) is 0 Å². The fraction of sp³-hybridized carbons (Fsp3) is 0. The summed E-state index contributed by atoms with van der Waals surface area (Å²) >= 11 is 0. The molecule has 0 saturated heterocycles. The van der Waals surface area contributed by atoms with Gasteiger partial charge in [0.2, 0.25) is 0 Å². The lowest BCUT2D eigenvalue weighted by molar-refractivity contribution is -0.603. The standard InChI is InChI=1S/C10H9N3O2/c11-12-10(14)8-1-2-9-6-13(15)4-3-7(9)5-8/h1-6H,11H2,(H,12,14). The van der Waals surface area contributed by atoms with Crippen LogP contribution >= 0.6 is 0 Å². The van der Waals surface area contributed by atoms with E-state index in [9.17, 15) is 10.0 Å². The largest absolute Gasteiger partial charge is 0.619 e. The van der Waals surface area contributed by atoms with Gasteiger partial charge in [-0.3, -0.25) is 10.2 Å². The maximum absolute atomic E-state index is 11.2. The maximum atomic E-state index is 11.2. The Hall–Kier alpha value is -2.14. The molecule has 5 nitrogen and oxygen atoms in total. The molecular weight excluding hydrogens is 194 g/mol. The molecule has 2 rings (SSSR count). The minimum atomic E-state index is -0.351. The number of nitrogens with zero attached hydrogens (tertiary/aromatic N) is 1. The van der Waals surface area contributed by atoms with Gasteiger partial charge in [-0.1, -0.05) is 0 Å². The van der Waals surface area contributed by atoms with Crippen molar-refractivity contribution in [1.82, 2.24) is 5.43 Å². The van der Waals surface area contributed by atoms with Crippen LogP contribution in [0.5, 0.6) is 0 Å². The fourth-order valence-corrected chi connectivity index (χ4v) is 1.40. The van der Waals surface area contributed by atoms with Crippen LogP contribution in [0.4, 0.5) is 0 Å². The molecule has 0 unspecified atom stereocenters. The zero-order chi connectivity index (χ0) is 10.8. The summed E-state index contributed by atoms with van der Waals surface area (Å²) < 4.78 is 0.713. The van der Waals surface area contributed by atoms with Crippen molar-refractivity contribution in [3.8, 4) is 0 Å². The molecule has 0 aliphatic carbocycles. The highest BCUT2D eigenvalue weighted by atomic mass is 16.5. The molecular formula is C10H9N3O2. The molecule has 15 heavy (non-hydrogen) atoms. The van der Waals surface area contributed by atoms with E-state index < -0.39 is 0 Å². The molecule has 0 radical (unpaired) electrons. The molecule has 0 spiro atoms. The lowest BCUT2D eigenvalue weighted by Crippen LogP contribution is -2.30. The number of rotatable bonds is 1. The second-order valence-electron chi connectivity index (χ2n) is 3.12. The minimum absolute atomic E-state index is 0.351. The monoisotopic (exact) mass is 203 g/mol. The van der Waals surface area contributed by atoms with Gasteiger partial charge in [0.1, 0.15) is 0 Å². The smallest absolute Gasteiger partial charge is 0.265 e. The van der Waals surface area contributed by atoms with Crippen molar-refractivity contribution in [3.63, 3.8) is 0 Å². The maximum Gasteiger partial charge on any atom is 0.265 e. The van der Waals surface area contributed by atoms with E-state index in [1.54, 1.807) is 24.3 Å². The molecule has 0 atom stereocenters. The highest BCUT2D eigenvalue weighted by Crippen LogP contribution is 2.13. The van der Waals surface area contributed by atoms with E-state index in [2.05, 4.69) is 5.43 Å². The van der Waals surface area contributed by atoms with Crippen LogP contribution in [0.25, 0.3) is 10.8 Å². The summed E-state index contributed by atoms with van der Waals surface area (Å²) in [6, 6.07) is 6.64.